The van der Waals surface area contributed by atoms with Crippen LogP contribution in [0.15, 0.2) is 12.3 Å². The molecule has 3 rings (SSSR count). The van der Waals surface area contributed by atoms with Gasteiger partial charge in [0.1, 0.15) is 6.07 Å². The summed E-state index contributed by atoms with van der Waals surface area (Å²) >= 11 is 0. The third-order valence-electron chi connectivity index (χ3n) is 3.98. The van der Waals surface area contributed by atoms with Crippen LogP contribution < -0.4 is 10.6 Å². The molecule has 5 nitrogen and oxygen atoms in total. The predicted octanol–water partition coefficient (Wildman–Crippen LogP) is 1.03. The van der Waals surface area contributed by atoms with E-state index in [1.165, 1.54) is 0 Å². The van der Waals surface area contributed by atoms with Crippen molar-refractivity contribution in [3.63, 3.8) is 0 Å². The Morgan fingerprint density at radius 2 is 2.06 bits per heavy atom. The van der Waals surface area contributed by atoms with E-state index in [0.29, 0.717) is 23.3 Å². The van der Waals surface area contributed by atoms with E-state index >= 15 is 0 Å². The van der Waals surface area contributed by atoms with Crippen LogP contribution in [0.5, 0.6) is 0 Å². The normalized spacial score (nSPS) is 30.2. The number of nitrogens with two attached hydrogens (primary N) is 1. The van der Waals surface area contributed by atoms with Gasteiger partial charge < -0.3 is 15.7 Å². The summed E-state index contributed by atoms with van der Waals surface area (Å²) in [5, 5.41) is 18.6. The molecule has 2 fully saturated rings. The molecule has 18 heavy (non-hydrogen) atoms. The van der Waals surface area contributed by atoms with E-state index in [9.17, 15) is 5.11 Å². The van der Waals surface area contributed by atoms with E-state index in [4.69, 9.17) is 11.0 Å². The number of aromatic nitrogens is 1. The Morgan fingerprint density at radius 3 is 2.61 bits per heavy atom. The van der Waals surface area contributed by atoms with Crippen LogP contribution in [-0.4, -0.2) is 28.3 Å². The Hall–Kier alpha value is -1.80. The molecule has 2 aliphatic heterocycles. The number of nitriles is 1. The third kappa shape index (κ3) is 1.70. The van der Waals surface area contributed by atoms with Crippen molar-refractivity contribution < 1.29 is 5.11 Å². The first-order valence-electron chi connectivity index (χ1n) is 6.31. The maximum atomic E-state index is 9.78. The lowest BCUT2D eigenvalue weighted by atomic mass is 9.99. The number of anilines is 2. The first-order valence-corrected chi connectivity index (χ1v) is 6.31. The molecule has 94 valence electrons. The van der Waals surface area contributed by atoms with Crippen LogP contribution in [0.25, 0.3) is 0 Å². The largest absolute Gasteiger partial charge is 0.396 e. The lowest BCUT2D eigenvalue weighted by Gasteiger charge is -2.38. The first-order chi connectivity index (χ1) is 8.69. The fraction of sp³-hybridized carbons (Fsp3) is 0.538. The van der Waals surface area contributed by atoms with Gasteiger partial charge in [0.2, 0.25) is 0 Å². The number of fused-ring (bicyclic) bond motifs is 2. The van der Waals surface area contributed by atoms with Gasteiger partial charge >= 0.3 is 0 Å². The predicted molar refractivity (Wildman–Crippen MR) is 67.9 cm³/mol. The zero-order valence-corrected chi connectivity index (χ0v) is 10.1. The van der Waals surface area contributed by atoms with Gasteiger partial charge in [-0.15, -0.1) is 0 Å². The summed E-state index contributed by atoms with van der Waals surface area (Å²) in [6, 6.07) is 4.38. The molecule has 0 aromatic carbocycles. The Bertz CT molecular complexity index is 496. The van der Waals surface area contributed by atoms with Crippen molar-refractivity contribution >= 4 is 11.5 Å². The van der Waals surface area contributed by atoms with Crippen LogP contribution in [0.4, 0.5) is 11.5 Å². The summed E-state index contributed by atoms with van der Waals surface area (Å²) in [7, 11) is 0. The van der Waals surface area contributed by atoms with E-state index < -0.39 is 0 Å². The molecular formula is C13H16N4O. The minimum atomic E-state index is -0.196. The maximum absolute atomic E-state index is 9.78. The molecule has 0 aliphatic carbocycles. The Balaban J connectivity index is 1.94. The van der Waals surface area contributed by atoms with Crippen molar-refractivity contribution in [2.45, 2.75) is 43.9 Å². The van der Waals surface area contributed by atoms with Crippen LogP contribution in [-0.2, 0) is 0 Å². The Labute approximate surface area is 106 Å². The smallest absolute Gasteiger partial charge is 0.152 e. The van der Waals surface area contributed by atoms with Gasteiger partial charge in [-0.1, -0.05) is 0 Å². The fourth-order valence-corrected chi connectivity index (χ4v) is 3.25. The van der Waals surface area contributed by atoms with Crippen LogP contribution in [0.3, 0.4) is 0 Å². The minimum absolute atomic E-state index is 0.196. The number of pyridine rings is 1. The van der Waals surface area contributed by atoms with Gasteiger partial charge in [-0.25, -0.2) is 4.98 Å². The summed E-state index contributed by atoms with van der Waals surface area (Å²) in [5.74, 6) is 0.772. The Morgan fingerprint density at radius 1 is 1.39 bits per heavy atom. The Kier molecular flexibility index (Phi) is 2.60. The monoisotopic (exact) mass is 244 g/mol. The highest BCUT2D eigenvalue weighted by atomic mass is 16.3. The van der Waals surface area contributed by atoms with E-state index in [1.54, 1.807) is 12.3 Å². The SMILES string of the molecule is N#Cc1cnc(N2C3CCC2CC(O)C3)c(N)c1. The van der Waals surface area contributed by atoms with Crippen molar-refractivity contribution in [2.75, 3.05) is 10.6 Å². The maximum Gasteiger partial charge on any atom is 0.152 e. The number of hydrogen-bond donors (Lipinski definition) is 2. The molecule has 2 saturated heterocycles. The van der Waals surface area contributed by atoms with E-state index in [-0.39, 0.29) is 6.10 Å². The zero-order valence-electron chi connectivity index (χ0n) is 10.1. The summed E-state index contributed by atoms with van der Waals surface area (Å²) in [4.78, 5) is 6.57. The summed E-state index contributed by atoms with van der Waals surface area (Å²) in [5.41, 5.74) is 7.04. The molecular weight excluding hydrogens is 228 g/mol. The topological polar surface area (TPSA) is 86.2 Å². The minimum Gasteiger partial charge on any atom is -0.396 e. The summed E-state index contributed by atoms with van der Waals surface area (Å²) in [6.45, 7) is 0. The van der Waals surface area contributed by atoms with E-state index in [1.807, 2.05) is 6.07 Å². The zero-order chi connectivity index (χ0) is 12.7. The molecule has 0 saturated carbocycles. The standard InChI is InChI=1S/C13H16N4O/c14-6-8-3-12(15)13(16-7-8)17-9-1-2-10(17)5-11(18)4-9/h3,7,9-11,18H,1-2,4-5,15H2. The molecule has 0 radical (unpaired) electrons. The highest BCUT2D eigenvalue weighted by molar-refractivity contribution is 5.66. The van der Waals surface area contributed by atoms with Gasteiger partial charge in [0, 0.05) is 18.3 Å². The molecule has 0 spiro atoms. The van der Waals surface area contributed by atoms with Crippen molar-refractivity contribution in [1.29, 1.82) is 5.26 Å². The van der Waals surface area contributed by atoms with Gasteiger partial charge in [-0.2, -0.15) is 5.26 Å². The molecule has 0 amide bonds. The molecule has 1 aromatic heterocycles. The van der Waals surface area contributed by atoms with Crippen molar-refractivity contribution in [1.82, 2.24) is 4.98 Å². The third-order valence-corrected chi connectivity index (χ3v) is 3.98. The quantitative estimate of drug-likeness (QED) is 0.770. The molecule has 2 atom stereocenters. The number of hydrogen-bond acceptors (Lipinski definition) is 5. The summed E-state index contributed by atoms with van der Waals surface area (Å²) in [6.07, 6.45) is 5.12. The van der Waals surface area contributed by atoms with E-state index in [0.717, 1.165) is 31.5 Å². The van der Waals surface area contributed by atoms with Gasteiger partial charge in [-0.3, -0.25) is 0 Å². The van der Waals surface area contributed by atoms with Gasteiger partial charge in [0.05, 0.1) is 17.4 Å². The lowest BCUT2D eigenvalue weighted by Crippen LogP contribution is -2.45. The fourth-order valence-electron chi connectivity index (χ4n) is 3.25. The van der Waals surface area contributed by atoms with Crippen molar-refractivity contribution in [3.8, 4) is 6.07 Å². The number of nitrogen functional groups attached to an aromatic ring is 1. The number of aliphatic hydroxyl groups excluding tert-OH is 1. The molecule has 1 aromatic rings. The highest BCUT2D eigenvalue weighted by Gasteiger charge is 2.41. The molecule has 2 bridgehead atoms. The van der Waals surface area contributed by atoms with Crippen LogP contribution in [0.1, 0.15) is 31.2 Å². The van der Waals surface area contributed by atoms with Gasteiger partial charge in [-0.05, 0) is 31.7 Å². The van der Waals surface area contributed by atoms with Crippen LogP contribution in [0.2, 0.25) is 0 Å². The summed E-state index contributed by atoms with van der Waals surface area (Å²) < 4.78 is 0. The second-order valence-corrected chi connectivity index (χ2v) is 5.17. The second kappa shape index (κ2) is 4.14. The second-order valence-electron chi connectivity index (χ2n) is 5.17. The van der Waals surface area contributed by atoms with Gasteiger partial charge in [0.25, 0.3) is 0 Å². The van der Waals surface area contributed by atoms with Crippen LogP contribution in [0, 0.1) is 11.3 Å². The van der Waals surface area contributed by atoms with Crippen molar-refractivity contribution in [2.24, 2.45) is 0 Å². The van der Waals surface area contributed by atoms with Crippen LogP contribution >= 0.6 is 0 Å². The number of piperidine rings is 1. The first kappa shape index (κ1) is 11.3. The average Bonchev–Trinajstić information content (AvgIpc) is 2.61. The van der Waals surface area contributed by atoms with Crippen molar-refractivity contribution in [3.05, 3.63) is 17.8 Å². The average molecular weight is 244 g/mol. The molecule has 3 heterocycles. The molecule has 3 N–H and O–H groups in total. The number of nitrogens with zero attached hydrogens (tertiary/aromatic N) is 3. The van der Waals surface area contributed by atoms with E-state index in [2.05, 4.69) is 9.88 Å². The molecule has 5 heteroatoms. The highest BCUT2D eigenvalue weighted by Crippen LogP contribution is 2.40. The molecule has 2 unspecified atom stereocenters. The number of aliphatic hydroxyl groups is 1. The van der Waals surface area contributed by atoms with Gasteiger partial charge in [0.15, 0.2) is 5.82 Å². The lowest BCUT2D eigenvalue weighted by molar-refractivity contribution is 0.126. The number of rotatable bonds is 1. The molecule has 2 aliphatic rings.